The van der Waals surface area contributed by atoms with Crippen LogP contribution in [0.25, 0.3) is 0 Å². The highest BCUT2D eigenvalue weighted by atomic mass is 16.7. The molecule has 9 nitrogen and oxygen atoms in total. The van der Waals surface area contributed by atoms with Crippen molar-refractivity contribution in [2.45, 2.75) is 410 Å². The molecule has 0 spiro atoms. The van der Waals surface area contributed by atoms with E-state index >= 15 is 0 Å². The summed E-state index contributed by atoms with van der Waals surface area (Å²) in [6.07, 6.45) is 76.9. The van der Waals surface area contributed by atoms with Crippen LogP contribution < -0.4 is 5.32 Å². The third kappa shape index (κ3) is 50.6. The van der Waals surface area contributed by atoms with Gasteiger partial charge in [0.05, 0.1) is 25.4 Å². The number of nitrogens with one attached hydrogen (secondary N) is 1. The van der Waals surface area contributed by atoms with Crippen molar-refractivity contribution < 1.29 is 39.8 Å². The fourth-order valence-electron chi connectivity index (χ4n) is 11.8. The lowest BCUT2D eigenvalue weighted by Gasteiger charge is -2.40. The molecule has 9 heteroatoms. The number of hydrogen-bond acceptors (Lipinski definition) is 8. The van der Waals surface area contributed by atoms with E-state index in [4.69, 9.17) is 9.47 Å². The quantitative estimate of drug-likeness (QED) is 0.0261. The average molecular weight is 1160 g/mol. The van der Waals surface area contributed by atoms with Gasteiger partial charge < -0.3 is 40.3 Å². The van der Waals surface area contributed by atoms with E-state index in [0.717, 1.165) is 44.9 Å². The zero-order valence-corrected chi connectivity index (χ0v) is 54.3. The molecular weight excluding hydrogens is 1020 g/mol. The first-order valence-corrected chi connectivity index (χ1v) is 36.2. The standard InChI is InChI=1S/C73H139NO8/c1-3-5-7-9-11-13-15-17-19-21-23-25-27-29-30-31-32-33-34-35-36-37-38-39-41-43-45-47-49-51-53-55-57-59-61-63-69(77)74-66(65-81-73-72(80)71(79)70(78)68(64-75)82-73)67(76)62-60-58-56-54-52-50-48-46-44-42-40-28-26-24-22-20-18-16-14-12-10-8-6-4-2/h27,29,31-32,60,62,66-68,70-73,75-76,78-80H,3-26,28,30,33-59,61,63-65H2,1-2H3,(H,74,77)/b29-27-,32-31-,62-60+. The molecular formula is C73H139NO8. The van der Waals surface area contributed by atoms with Crippen LogP contribution in [0.2, 0.25) is 0 Å². The Morgan fingerprint density at radius 2 is 0.720 bits per heavy atom. The Hall–Kier alpha value is -1.59. The second-order valence-corrected chi connectivity index (χ2v) is 25.4. The van der Waals surface area contributed by atoms with Crippen LogP contribution >= 0.6 is 0 Å². The monoisotopic (exact) mass is 1160 g/mol. The zero-order chi connectivity index (χ0) is 59.3. The van der Waals surface area contributed by atoms with Crippen molar-refractivity contribution in [1.82, 2.24) is 5.32 Å². The van der Waals surface area contributed by atoms with Crippen molar-refractivity contribution in [1.29, 1.82) is 0 Å². The van der Waals surface area contributed by atoms with Gasteiger partial charge in [-0.2, -0.15) is 0 Å². The molecule has 1 heterocycles. The highest BCUT2D eigenvalue weighted by molar-refractivity contribution is 5.76. The first kappa shape index (κ1) is 78.4. The van der Waals surface area contributed by atoms with Crippen molar-refractivity contribution in [2.75, 3.05) is 13.2 Å². The normalized spacial score (nSPS) is 18.5. The summed E-state index contributed by atoms with van der Waals surface area (Å²) < 4.78 is 11.3. The molecule has 1 aliphatic heterocycles. The predicted octanol–water partition coefficient (Wildman–Crippen LogP) is 19.8. The Morgan fingerprint density at radius 3 is 1.05 bits per heavy atom. The van der Waals surface area contributed by atoms with Gasteiger partial charge in [-0.1, -0.05) is 346 Å². The number of allylic oxidation sites excluding steroid dienone is 5. The summed E-state index contributed by atoms with van der Waals surface area (Å²) in [4.78, 5) is 13.1. The number of unbranched alkanes of at least 4 members (excludes halogenated alkanes) is 50. The van der Waals surface area contributed by atoms with Crippen molar-refractivity contribution in [3.05, 3.63) is 36.5 Å². The summed E-state index contributed by atoms with van der Waals surface area (Å²) in [6, 6.07) is -0.805. The second kappa shape index (κ2) is 62.5. The van der Waals surface area contributed by atoms with Gasteiger partial charge in [0, 0.05) is 6.42 Å². The maximum Gasteiger partial charge on any atom is 0.220 e. The van der Waals surface area contributed by atoms with E-state index in [2.05, 4.69) is 43.5 Å². The fraction of sp³-hybridized carbons (Fsp3) is 0.904. The van der Waals surface area contributed by atoms with Gasteiger partial charge in [-0.3, -0.25) is 4.79 Å². The summed E-state index contributed by atoms with van der Waals surface area (Å²) in [5.41, 5.74) is 0. The van der Waals surface area contributed by atoms with Gasteiger partial charge >= 0.3 is 0 Å². The van der Waals surface area contributed by atoms with E-state index in [1.807, 2.05) is 6.08 Å². The molecule has 1 aliphatic rings. The Balaban J connectivity index is 2.10. The first-order valence-electron chi connectivity index (χ1n) is 36.2. The molecule has 1 amide bonds. The Kier molecular flexibility index (Phi) is 59.7. The summed E-state index contributed by atoms with van der Waals surface area (Å²) in [5, 5.41) is 54.8. The Morgan fingerprint density at radius 1 is 0.415 bits per heavy atom. The smallest absolute Gasteiger partial charge is 0.220 e. The summed E-state index contributed by atoms with van der Waals surface area (Å²) in [5.74, 6) is -0.170. The van der Waals surface area contributed by atoms with E-state index in [0.29, 0.717) is 6.42 Å². The average Bonchev–Trinajstić information content (AvgIpc) is 3.52. The number of rotatable bonds is 64. The predicted molar refractivity (Wildman–Crippen MR) is 350 cm³/mol. The third-order valence-corrected chi connectivity index (χ3v) is 17.5. The van der Waals surface area contributed by atoms with Gasteiger partial charge in [-0.05, 0) is 51.4 Å². The van der Waals surface area contributed by atoms with Gasteiger partial charge in [-0.15, -0.1) is 0 Å². The van der Waals surface area contributed by atoms with Crippen molar-refractivity contribution in [3.8, 4) is 0 Å². The van der Waals surface area contributed by atoms with Gasteiger partial charge in [0.15, 0.2) is 6.29 Å². The molecule has 0 aromatic carbocycles. The minimum absolute atomic E-state index is 0.170. The highest BCUT2D eigenvalue weighted by Gasteiger charge is 2.44. The SMILES string of the molecule is CCCCCCCCCCCCC/C=C\C/C=C\CCCCCCCCCCCCCCCCCCCC(=O)NC(COC1OC(CO)C(O)C(O)C1O)C(O)/C=C/CCCCCCCCCCCCCCCCCCCCCCCC. The van der Waals surface area contributed by atoms with E-state index < -0.39 is 49.5 Å². The maximum absolute atomic E-state index is 13.1. The first-order chi connectivity index (χ1) is 40.3. The number of amides is 1. The number of aliphatic hydroxyl groups is 5. The van der Waals surface area contributed by atoms with Crippen LogP contribution in [-0.4, -0.2) is 87.5 Å². The largest absolute Gasteiger partial charge is 0.394 e. The number of carbonyl (C=O) groups excluding carboxylic acids is 1. The second-order valence-electron chi connectivity index (χ2n) is 25.4. The summed E-state index contributed by atoms with van der Waals surface area (Å²) in [6.45, 7) is 3.84. The molecule has 0 saturated carbocycles. The number of aliphatic hydroxyl groups excluding tert-OH is 5. The van der Waals surface area contributed by atoms with E-state index in [1.54, 1.807) is 6.08 Å². The van der Waals surface area contributed by atoms with Crippen molar-refractivity contribution in [3.63, 3.8) is 0 Å². The zero-order valence-electron chi connectivity index (χ0n) is 54.3. The van der Waals surface area contributed by atoms with Gasteiger partial charge in [0.2, 0.25) is 5.91 Å². The van der Waals surface area contributed by atoms with Gasteiger partial charge in [0.1, 0.15) is 24.4 Å². The van der Waals surface area contributed by atoms with Crippen molar-refractivity contribution in [2.24, 2.45) is 0 Å². The molecule has 6 N–H and O–H groups in total. The van der Waals surface area contributed by atoms with Crippen LogP contribution in [-0.2, 0) is 14.3 Å². The van der Waals surface area contributed by atoms with Crippen LogP contribution in [0.1, 0.15) is 367 Å². The van der Waals surface area contributed by atoms with Gasteiger partial charge in [0.25, 0.3) is 0 Å². The number of ether oxygens (including phenoxy) is 2. The summed E-state index contributed by atoms with van der Waals surface area (Å²) in [7, 11) is 0. The molecule has 7 atom stereocenters. The van der Waals surface area contributed by atoms with E-state index in [-0.39, 0.29) is 12.5 Å². The molecule has 0 aromatic rings. The fourth-order valence-corrected chi connectivity index (χ4v) is 11.8. The van der Waals surface area contributed by atoms with Crippen LogP contribution in [0.3, 0.4) is 0 Å². The molecule has 1 rings (SSSR count). The molecule has 0 aliphatic carbocycles. The Labute approximate surface area is 508 Å². The van der Waals surface area contributed by atoms with Crippen LogP contribution in [0.4, 0.5) is 0 Å². The molecule has 1 saturated heterocycles. The molecule has 484 valence electrons. The third-order valence-electron chi connectivity index (χ3n) is 17.5. The molecule has 7 unspecified atom stereocenters. The van der Waals surface area contributed by atoms with E-state index in [9.17, 15) is 30.3 Å². The minimum Gasteiger partial charge on any atom is -0.394 e. The molecule has 82 heavy (non-hydrogen) atoms. The van der Waals surface area contributed by atoms with Gasteiger partial charge in [-0.25, -0.2) is 0 Å². The lowest BCUT2D eigenvalue weighted by Crippen LogP contribution is -2.60. The lowest BCUT2D eigenvalue weighted by atomic mass is 9.99. The number of hydrogen-bond donors (Lipinski definition) is 6. The van der Waals surface area contributed by atoms with Crippen LogP contribution in [0.15, 0.2) is 36.5 Å². The lowest BCUT2D eigenvalue weighted by molar-refractivity contribution is -0.302. The topological polar surface area (TPSA) is 149 Å². The highest BCUT2D eigenvalue weighted by Crippen LogP contribution is 2.24. The molecule has 0 radical (unpaired) electrons. The minimum atomic E-state index is -1.57. The van der Waals surface area contributed by atoms with Crippen LogP contribution in [0.5, 0.6) is 0 Å². The molecule has 0 aromatic heterocycles. The Bertz CT molecular complexity index is 1390. The van der Waals surface area contributed by atoms with Crippen LogP contribution in [0, 0.1) is 0 Å². The van der Waals surface area contributed by atoms with E-state index in [1.165, 1.54) is 302 Å². The maximum atomic E-state index is 13.1. The number of carbonyl (C=O) groups is 1. The summed E-state index contributed by atoms with van der Waals surface area (Å²) >= 11 is 0. The molecule has 0 bridgehead atoms. The molecule has 1 fully saturated rings. The van der Waals surface area contributed by atoms with Crippen molar-refractivity contribution >= 4 is 5.91 Å².